The first-order chi connectivity index (χ1) is 5.91. The molecule has 0 amide bonds. The van der Waals surface area contributed by atoms with Crippen LogP contribution in [0.15, 0.2) is 24.3 Å². The Hall–Kier alpha value is -0.600. The van der Waals surface area contributed by atoms with Gasteiger partial charge in [-0.1, -0.05) is 24.3 Å². The molecule has 0 radical (unpaired) electrons. The van der Waals surface area contributed by atoms with Gasteiger partial charge in [-0.2, -0.15) is 0 Å². The third-order valence-electron chi connectivity index (χ3n) is 1.54. The lowest BCUT2D eigenvalue weighted by molar-refractivity contribution is 0.342. The topological polar surface area (TPSA) is 40.5 Å². The van der Waals surface area contributed by atoms with Crippen molar-refractivity contribution in [3.05, 3.63) is 24.3 Å². The van der Waals surface area contributed by atoms with Crippen LogP contribution < -0.4 is 0 Å². The van der Waals surface area contributed by atoms with Crippen molar-refractivity contribution in [1.29, 1.82) is 0 Å². The summed E-state index contributed by atoms with van der Waals surface area (Å²) in [7, 11) is 0. The summed E-state index contributed by atoms with van der Waals surface area (Å²) in [5.74, 6) is 0. The molecule has 2 nitrogen and oxygen atoms in total. The molecular formula is C10H18O2. The molecule has 0 heterocycles. The van der Waals surface area contributed by atoms with Crippen LogP contribution in [0.1, 0.15) is 25.7 Å². The van der Waals surface area contributed by atoms with Gasteiger partial charge >= 0.3 is 0 Å². The molecule has 0 aromatic rings. The minimum Gasteiger partial charge on any atom is -0.392 e. The first-order valence-corrected chi connectivity index (χ1v) is 4.43. The highest BCUT2D eigenvalue weighted by Gasteiger charge is 1.82. The van der Waals surface area contributed by atoms with Crippen LogP contribution in [-0.4, -0.2) is 23.4 Å². The smallest absolute Gasteiger partial charge is 0.0612 e. The zero-order valence-electron chi connectivity index (χ0n) is 7.45. The van der Waals surface area contributed by atoms with Crippen molar-refractivity contribution in [1.82, 2.24) is 0 Å². The van der Waals surface area contributed by atoms with E-state index in [2.05, 4.69) is 0 Å². The molecular weight excluding hydrogens is 152 g/mol. The summed E-state index contributed by atoms with van der Waals surface area (Å²) in [6.45, 7) is 0.287. The van der Waals surface area contributed by atoms with Crippen molar-refractivity contribution in [2.45, 2.75) is 25.7 Å². The number of hydrogen-bond acceptors (Lipinski definition) is 2. The lowest BCUT2D eigenvalue weighted by Gasteiger charge is -1.92. The van der Waals surface area contributed by atoms with Gasteiger partial charge in [0.15, 0.2) is 0 Å². The predicted molar refractivity (Wildman–Crippen MR) is 50.9 cm³/mol. The van der Waals surface area contributed by atoms with E-state index in [0.717, 1.165) is 25.7 Å². The molecule has 0 saturated carbocycles. The Kier molecular flexibility index (Phi) is 9.88. The fourth-order valence-corrected chi connectivity index (χ4v) is 0.909. The van der Waals surface area contributed by atoms with Crippen LogP contribution in [0.3, 0.4) is 0 Å². The summed E-state index contributed by atoms with van der Waals surface area (Å²) >= 11 is 0. The van der Waals surface area contributed by atoms with Gasteiger partial charge in [0.05, 0.1) is 13.2 Å². The van der Waals surface area contributed by atoms with E-state index in [4.69, 9.17) is 10.2 Å². The van der Waals surface area contributed by atoms with Gasteiger partial charge in [-0.05, 0) is 25.7 Å². The van der Waals surface area contributed by atoms with Crippen molar-refractivity contribution < 1.29 is 10.2 Å². The number of aliphatic hydroxyl groups excluding tert-OH is 2. The number of hydrogen-bond donors (Lipinski definition) is 2. The first kappa shape index (κ1) is 11.4. The standard InChI is InChI=1S/C10H18O2/c11-9-7-5-3-1-2-4-6-8-10-12/h5-8,11-12H,1-4,9-10H2/b7-5+,8-6+. The maximum atomic E-state index is 8.41. The van der Waals surface area contributed by atoms with Crippen molar-refractivity contribution in [2.75, 3.05) is 13.2 Å². The molecule has 0 aliphatic carbocycles. The molecule has 0 spiro atoms. The summed E-state index contributed by atoms with van der Waals surface area (Å²) in [6.07, 6.45) is 11.9. The van der Waals surface area contributed by atoms with E-state index < -0.39 is 0 Å². The van der Waals surface area contributed by atoms with Gasteiger partial charge in [0.25, 0.3) is 0 Å². The molecule has 0 atom stereocenters. The van der Waals surface area contributed by atoms with Gasteiger partial charge in [0, 0.05) is 0 Å². The van der Waals surface area contributed by atoms with Gasteiger partial charge in [0.1, 0.15) is 0 Å². The normalized spacial score (nSPS) is 11.8. The molecule has 0 rings (SSSR count). The quantitative estimate of drug-likeness (QED) is 0.450. The summed E-state index contributed by atoms with van der Waals surface area (Å²) in [6, 6.07) is 0. The third kappa shape index (κ3) is 9.40. The van der Waals surface area contributed by atoms with Crippen LogP contribution in [0.2, 0.25) is 0 Å². The average molecular weight is 170 g/mol. The molecule has 0 aliphatic heterocycles. The molecule has 2 N–H and O–H groups in total. The Morgan fingerprint density at radius 1 is 0.667 bits per heavy atom. The maximum Gasteiger partial charge on any atom is 0.0612 e. The van der Waals surface area contributed by atoms with E-state index in [1.54, 1.807) is 12.2 Å². The highest BCUT2D eigenvalue weighted by atomic mass is 16.3. The lowest BCUT2D eigenvalue weighted by Crippen LogP contribution is -1.76. The Balaban J connectivity index is 3.00. The van der Waals surface area contributed by atoms with Crippen molar-refractivity contribution >= 4 is 0 Å². The van der Waals surface area contributed by atoms with E-state index >= 15 is 0 Å². The Bertz CT molecular complexity index is 112. The minimum atomic E-state index is 0.143. The second-order valence-corrected chi connectivity index (χ2v) is 2.59. The van der Waals surface area contributed by atoms with Crippen LogP contribution in [0.4, 0.5) is 0 Å². The van der Waals surface area contributed by atoms with Gasteiger partial charge < -0.3 is 10.2 Å². The summed E-state index contributed by atoms with van der Waals surface area (Å²) < 4.78 is 0. The third-order valence-corrected chi connectivity index (χ3v) is 1.54. The molecule has 2 heteroatoms. The van der Waals surface area contributed by atoms with E-state index in [-0.39, 0.29) is 13.2 Å². The lowest BCUT2D eigenvalue weighted by atomic mass is 10.2. The SMILES string of the molecule is OC/C=C/CCCC/C=C/CO. The molecule has 0 aliphatic rings. The summed E-state index contributed by atoms with van der Waals surface area (Å²) in [5.41, 5.74) is 0. The number of unbranched alkanes of at least 4 members (excludes halogenated alkanes) is 3. The van der Waals surface area contributed by atoms with Crippen LogP contribution in [0.25, 0.3) is 0 Å². The number of rotatable bonds is 7. The minimum absolute atomic E-state index is 0.143. The summed E-state index contributed by atoms with van der Waals surface area (Å²) in [4.78, 5) is 0. The van der Waals surface area contributed by atoms with Gasteiger partial charge in [-0.15, -0.1) is 0 Å². The Morgan fingerprint density at radius 2 is 1.08 bits per heavy atom. The number of aliphatic hydroxyl groups is 2. The first-order valence-electron chi connectivity index (χ1n) is 4.43. The van der Waals surface area contributed by atoms with Gasteiger partial charge in [0.2, 0.25) is 0 Å². The monoisotopic (exact) mass is 170 g/mol. The largest absolute Gasteiger partial charge is 0.392 e. The van der Waals surface area contributed by atoms with Crippen molar-refractivity contribution in [3.8, 4) is 0 Å². The second-order valence-electron chi connectivity index (χ2n) is 2.59. The molecule has 0 aromatic carbocycles. The van der Waals surface area contributed by atoms with E-state index in [9.17, 15) is 0 Å². The van der Waals surface area contributed by atoms with Crippen LogP contribution in [0, 0.1) is 0 Å². The molecule has 12 heavy (non-hydrogen) atoms. The van der Waals surface area contributed by atoms with E-state index in [1.807, 2.05) is 12.2 Å². The second kappa shape index (κ2) is 10.4. The van der Waals surface area contributed by atoms with Crippen molar-refractivity contribution in [2.24, 2.45) is 0 Å². The highest BCUT2D eigenvalue weighted by Crippen LogP contribution is 2.01. The zero-order valence-corrected chi connectivity index (χ0v) is 7.45. The van der Waals surface area contributed by atoms with Crippen LogP contribution >= 0.6 is 0 Å². The van der Waals surface area contributed by atoms with Gasteiger partial charge in [-0.3, -0.25) is 0 Å². The molecule has 70 valence electrons. The number of allylic oxidation sites excluding steroid dienone is 2. The Morgan fingerprint density at radius 3 is 1.42 bits per heavy atom. The molecule has 0 saturated heterocycles. The molecule has 0 fully saturated rings. The molecule has 0 aromatic heterocycles. The summed E-state index contributed by atoms with van der Waals surface area (Å²) in [5, 5.41) is 16.8. The molecule has 0 unspecified atom stereocenters. The highest BCUT2D eigenvalue weighted by molar-refractivity contribution is 4.83. The van der Waals surface area contributed by atoms with Crippen LogP contribution in [0.5, 0.6) is 0 Å². The Labute approximate surface area is 74.2 Å². The van der Waals surface area contributed by atoms with Crippen molar-refractivity contribution in [3.63, 3.8) is 0 Å². The molecule has 0 bridgehead atoms. The van der Waals surface area contributed by atoms with E-state index in [0.29, 0.717) is 0 Å². The average Bonchev–Trinajstić information content (AvgIpc) is 2.10. The predicted octanol–water partition coefficient (Wildman–Crippen LogP) is 1.64. The van der Waals surface area contributed by atoms with Gasteiger partial charge in [-0.25, -0.2) is 0 Å². The fraction of sp³-hybridized carbons (Fsp3) is 0.600. The van der Waals surface area contributed by atoms with Crippen LogP contribution in [-0.2, 0) is 0 Å². The van der Waals surface area contributed by atoms with E-state index in [1.165, 1.54) is 0 Å². The fourth-order valence-electron chi connectivity index (χ4n) is 0.909. The maximum absolute atomic E-state index is 8.41. The zero-order chi connectivity index (χ0) is 9.07.